The number of ether oxygens (including phenoxy) is 1. The van der Waals surface area contributed by atoms with E-state index in [0.29, 0.717) is 32.1 Å². The van der Waals surface area contributed by atoms with E-state index in [1.807, 2.05) is 19.1 Å². The third-order valence-corrected chi connectivity index (χ3v) is 4.40. The highest BCUT2D eigenvalue weighted by Crippen LogP contribution is 2.26. The number of nitrogens with one attached hydrogen (secondary N) is 2. The van der Waals surface area contributed by atoms with Gasteiger partial charge in [0, 0.05) is 25.6 Å². The zero-order chi connectivity index (χ0) is 20.1. The van der Waals surface area contributed by atoms with Gasteiger partial charge in [-0.25, -0.2) is 22.6 Å². The van der Waals surface area contributed by atoms with Crippen molar-refractivity contribution in [2.24, 2.45) is 4.99 Å². The van der Waals surface area contributed by atoms with Crippen LogP contribution in [0.5, 0.6) is 5.75 Å². The zero-order valence-electron chi connectivity index (χ0n) is 15.4. The molecule has 2 aromatic carbocycles. The highest BCUT2D eigenvalue weighted by Gasteiger charge is 2.18. The van der Waals surface area contributed by atoms with Crippen LogP contribution in [0.25, 0.3) is 0 Å². The normalized spacial score (nSPS) is 13.2. The van der Waals surface area contributed by atoms with E-state index in [-0.39, 0.29) is 6.07 Å². The second-order valence-corrected chi connectivity index (χ2v) is 6.36. The maximum atomic E-state index is 13.8. The van der Waals surface area contributed by atoms with Crippen LogP contribution in [0.1, 0.15) is 23.6 Å². The minimum absolute atomic E-state index is 0.184. The monoisotopic (exact) mass is 395 g/mol. The van der Waals surface area contributed by atoms with E-state index in [2.05, 4.69) is 21.7 Å². The predicted molar refractivity (Wildman–Crippen MR) is 98.4 cm³/mol. The molecule has 0 saturated heterocycles. The molecule has 4 nitrogen and oxygen atoms in total. The van der Waals surface area contributed by atoms with E-state index >= 15 is 0 Å². The lowest BCUT2D eigenvalue weighted by Gasteiger charge is -2.12. The average Bonchev–Trinajstić information content (AvgIpc) is 3.14. The average molecular weight is 395 g/mol. The van der Waals surface area contributed by atoms with Gasteiger partial charge in [-0.15, -0.1) is 0 Å². The summed E-state index contributed by atoms with van der Waals surface area (Å²) < 4.78 is 59.6. The van der Waals surface area contributed by atoms with Crippen molar-refractivity contribution in [3.63, 3.8) is 0 Å². The van der Waals surface area contributed by atoms with Crippen molar-refractivity contribution in [3.05, 3.63) is 64.2 Å². The SMILES string of the molecule is CCNC(=NCc1c(F)c(F)cc(F)c1F)NCCc1ccc2c(c1)CCO2. The van der Waals surface area contributed by atoms with Crippen molar-refractivity contribution in [2.45, 2.75) is 26.3 Å². The van der Waals surface area contributed by atoms with Crippen LogP contribution >= 0.6 is 0 Å². The second kappa shape index (κ2) is 8.95. The summed E-state index contributed by atoms with van der Waals surface area (Å²) in [6.45, 7) is 3.04. The van der Waals surface area contributed by atoms with Crippen LogP contribution < -0.4 is 15.4 Å². The Morgan fingerprint density at radius 3 is 2.54 bits per heavy atom. The molecule has 2 N–H and O–H groups in total. The summed E-state index contributed by atoms with van der Waals surface area (Å²) in [6, 6.07) is 6.20. The molecule has 3 rings (SSSR count). The molecule has 1 heterocycles. The molecule has 0 radical (unpaired) electrons. The first kappa shape index (κ1) is 20.0. The molecule has 8 heteroatoms. The summed E-state index contributed by atoms with van der Waals surface area (Å²) in [6.07, 6.45) is 1.59. The Morgan fingerprint density at radius 1 is 1.07 bits per heavy atom. The van der Waals surface area contributed by atoms with E-state index in [1.54, 1.807) is 0 Å². The molecule has 150 valence electrons. The quantitative estimate of drug-likeness (QED) is 0.341. The molecule has 0 fully saturated rings. The highest BCUT2D eigenvalue weighted by molar-refractivity contribution is 5.79. The van der Waals surface area contributed by atoms with Crippen LogP contribution in [0.2, 0.25) is 0 Å². The van der Waals surface area contributed by atoms with Gasteiger partial charge >= 0.3 is 0 Å². The van der Waals surface area contributed by atoms with Gasteiger partial charge in [-0.2, -0.15) is 0 Å². The topological polar surface area (TPSA) is 45.7 Å². The Bertz CT molecular complexity index is 860. The van der Waals surface area contributed by atoms with Crippen LogP contribution in [0.15, 0.2) is 29.3 Å². The highest BCUT2D eigenvalue weighted by atomic mass is 19.2. The summed E-state index contributed by atoms with van der Waals surface area (Å²) in [5, 5.41) is 5.99. The Hall–Kier alpha value is -2.77. The number of hydrogen-bond donors (Lipinski definition) is 2. The Labute approximate surface area is 160 Å². The zero-order valence-corrected chi connectivity index (χ0v) is 15.4. The summed E-state index contributed by atoms with van der Waals surface area (Å²) >= 11 is 0. The maximum absolute atomic E-state index is 13.8. The first-order chi connectivity index (χ1) is 13.5. The Balaban J connectivity index is 1.63. The minimum Gasteiger partial charge on any atom is -0.493 e. The molecule has 0 saturated carbocycles. The number of hydrogen-bond acceptors (Lipinski definition) is 2. The lowest BCUT2D eigenvalue weighted by molar-refractivity contribution is 0.357. The summed E-state index contributed by atoms with van der Waals surface area (Å²) in [5.41, 5.74) is 1.56. The van der Waals surface area contributed by atoms with E-state index in [9.17, 15) is 17.6 Å². The lowest BCUT2D eigenvalue weighted by atomic mass is 10.1. The number of benzene rings is 2. The van der Waals surface area contributed by atoms with Gasteiger partial charge in [0.1, 0.15) is 5.75 Å². The fraction of sp³-hybridized carbons (Fsp3) is 0.350. The first-order valence-corrected chi connectivity index (χ1v) is 9.08. The van der Waals surface area contributed by atoms with Crippen LogP contribution in [0.4, 0.5) is 17.6 Å². The molecule has 0 bridgehead atoms. The molecular weight excluding hydrogens is 374 g/mol. The van der Waals surface area contributed by atoms with Gasteiger partial charge in [0.2, 0.25) is 0 Å². The fourth-order valence-electron chi connectivity index (χ4n) is 2.98. The van der Waals surface area contributed by atoms with Crippen molar-refractivity contribution in [1.82, 2.24) is 10.6 Å². The number of rotatable bonds is 6. The van der Waals surface area contributed by atoms with Gasteiger partial charge in [-0.1, -0.05) is 12.1 Å². The molecule has 0 unspecified atom stereocenters. The van der Waals surface area contributed by atoms with Gasteiger partial charge in [0.05, 0.1) is 18.7 Å². The number of aliphatic imine (C=N–C) groups is 1. The Morgan fingerprint density at radius 2 is 1.82 bits per heavy atom. The third kappa shape index (κ3) is 4.55. The van der Waals surface area contributed by atoms with Crippen molar-refractivity contribution in [2.75, 3.05) is 19.7 Å². The van der Waals surface area contributed by atoms with E-state index in [0.717, 1.165) is 17.7 Å². The molecule has 0 spiro atoms. The van der Waals surface area contributed by atoms with Crippen molar-refractivity contribution in [3.8, 4) is 5.75 Å². The van der Waals surface area contributed by atoms with Crippen LogP contribution in [-0.2, 0) is 19.4 Å². The summed E-state index contributed by atoms with van der Waals surface area (Å²) in [4.78, 5) is 4.04. The second-order valence-electron chi connectivity index (χ2n) is 6.36. The number of halogens is 4. The molecule has 28 heavy (non-hydrogen) atoms. The van der Waals surface area contributed by atoms with Crippen molar-refractivity contribution >= 4 is 5.96 Å². The van der Waals surface area contributed by atoms with E-state index in [4.69, 9.17) is 4.74 Å². The third-order valence-electron chi connectivity index (χ3n) is 4.40. The molecular formula is C20H21F4N3O. The van der Waals surface area contributed by atoms with E-state index < -0.39 is 35.4 Å². The molecule has 1 aliphatic rings. The van der Waals surface area contributed by atoms with Gasteiger partial charge in [0.25, 0.3) is 0 Å². The van der Waals surface area contributed by atoms with Crippen LogP contribution in [0, 0.1) is 23.3 Å². The molecule has 0 aliphatic carbocycles. The fourth-order valence-corrected chi connectivity index (χ4v) is 2.98. The lowest BCUT2D eigenvalue weighted by Crippen LogP contribution is -2.38. The molecule has 0 atom stereocenters. The van der Waals surface area contributed by atoms with Crippen LogP contribution in [-0.4, -0.2) is 25.7 Å². The molecule has 2 aromatic rings. The van der Waals surface area contributed by atoms with Crippen molar-refractivity contribution < 1.29 is 22.3 Å². The smallest absolute Gasteiger partial charge is 0.191 e. The first-order valence-electron chi connectivity index (χ1n) is 9.08. The number of guanidine groups is 1. The number of nitrogens with zero attached hydrogens (tertiary/aromatic N) is 1. The van der Waals surface area contributed by atoms with Gasteiger partial charge in [-0.3, -0.25) is 0 Å². The van der Waals surface area contributed by atoms with Crippen LogP contribution in [0.3, 0.4) is 0 Å². The van der Waals surface area contributed by atoms with Gasteiger partial charge in [-0.05, 0) is 30.5 Å². The largest absolute Gasteiger partial charge is 0.493 e. The molecule has 0 amide bonds. The Kier molecular flexibility index (Phi) is 6.38. The standard InChI is InChI=1S/C20H21F4N3O/c1-2-25-20(27-11-14-18(23)15(21)10-16(22)19(14)24)26-7-5-12-3-4-17-13(9-12)6-8-28-17/h3-4,9-10H,2,5-8,11H2,1H3,(H2,25,26,27). The molecule has 0 aromatic heterocycles. The van der Waals surface area contributed by atoms with Gasteiger partial charge in [0.15, 0.2) is 29.2 Å². The predicted octanol–water partition coefficient (Wildman–Crippen LogP) is 3.48. The maximum Gasteiger partial charge on any atom is 0.191 e. The molecule has 1 aliphatic heterocycles. The summed E-state index contributed by atoms with van der Waals surface area (Å²) in [7, 11) is 0. The minimum atomic E-state index is -1.44. The summed E-state index contributed by atoms with van der Waals surface area (Å²) in [5.74, 6) is -4.53. The van der Waals surface area contributed by atoms with E-state index in [1.165, 1.54) is 5.56 Å². The number of fused-ring (bicyclic) bond motifs is 1. The van der Waals surface area contributed by atoms with Crippen molar-refractivity contribution in [1.29, 1.82) is 0 Å². The van der Waals surface area contributed by atoms with Gasteiger partial charge < -0.3 is 15.4 Å².